The number of phenols is 1. The van der Waals surface area contributed by atoms with Crippen LogP contribution in [0.5, 0.6) is 5.75 Å². The summed E-state index contributed by atoms with van der Waals surface area (Å²) in [5.74, 6) is -0.0754. The number of fused-ring (bicyclic) bond motifs is 1. The van der Waals surface area contributed by atoms with Crippen LogP contribution in [0.1, 0.15) is 24.0 Å². The highest BCUT2D eigenvalue weighted by atomic mass is 16.3. The fourth-order valence-electron chi connectivity index (χ4n) is 3.31. The van der Waals surface area contributed by atoms with E-state index in [9.17, 15) is 14.7 Å². The van der Waals surface area contributed by atoms with Gasteiger partial charge in [0.1, 0.15) is 11.5 Å². The van der Waals surface area contributed by atoms with Gasteiger partial charge in [-0.2, -0.15) is 0 Å². The third-order valence-electron chi connectivity index (χ3n) is 4.87. The van der Waals surface area contributed by atoms with Gasteiger partial charge in [-0.05, 0) is 47.2 Å². The van der Waals surface area contributed by atoms with Crippen LogP contribution in [0.4, 0.5) is 5.69 Å². The topological polar surface area (TPSA) is 57.6 Å². The summed E-state index contributed by atoms with van der Waals surface area (Å²) >= 11 is 0. The molecule has 1 N–H and O–H groups in total. The van der Waals surface area contributed by atoms with E-state index in [4.69, 9.17) is 0 Å². The summed E-state index contributed by atoms with van der Waals surface area (Å²) in [5, 5.41) is 11.5. The van der Waals surface area contributed by atoms with Crippen molar-refractivity contribution >= 4 is 34.1 Å². The van der Waals surface area contributed by atoms with Gasteiger partial charge >= 0.3 is 0 Å². The van der Waals surface area contributed by atoms with Crippen molar-refractivity contribution in [3.63, 3.8) is 0 Å². The normalized spacial score (nSPS) is 11.1. The van der Waals surface area contributed by atoms with Gasteiger partial charge in [-0.3, -0.25) is 9.59 Å². The van der Waals surface area contributed by atoms with Crippen LogP contribution >= 0.6 is 0 Å². The molecule has 0 fully saturated rings. The van der Waals surface area contributed by atoms with Crippen molar-refractivity contribution in [3.05, 3.63) is 77.9 Å². The molecule has 0 saturated carbocycles. The minimum Gasteiger partial charge on any atom is -0.508 e. The number of carbonyl (C=O) groups excluding carboxylic acids is 2. The number of allylic oxidation sites excluding steroid dienone is 1. The number of hydrogen-bond acceptors (Lipinski definition) is 4. The minimum atomic E-state index is -0.193. The SMILES string of the molecule is CN(C)c1ccc(/C=C/C(=O)CC(=O)CCc2ccc(O)cc2)c2ccccc12. The predicted molar refractivity (Wildman–Crippen MR) is 118 cm³/mol. The van der Waals surface area contributed by atoms with Crippen molar-refractivity contribution in [2.24, 2.45) is 0 Å². The first kappa shape index (κ1) is 20.3. The van der Waals surface area contributed by atoms with E-state index in [1.165, 1.54) is 6.08 Å². The second kappa shape index (κ2) is 9.20. The molecule has 29 heavy (non-hydrogen) atoms. The average molecular weight is 387 g/mol. The summed E-state index contributed by atoms with van der Waals surface area (Å²) < 4.78 is 0. The monoisotopic (exact) mass is 387 g/mol. The Balaban J connectivity index is 1.64. The number of anilines is 1. The van der Waals surface area contributed by atoms with E-state index in [1.807, 2.05) is 44.4 Å². The van der Waals surface area contributed by atoms with E-state index < -0.39 is 0 Å². The highest BCUT2D eigenvalue weighted by Crippen LogP contribution is 2.29. The number of nitrogens with zero attached hydrogens (tertiary/aromatic N) is 1. The summed E-state index contributed by atoms with van der Waals surface area (Å²) in [6.07, 6.45) is 4.06. The van der Waals surface area contributed by atoms with Gasteiger partial charge in [0.05, 0.1) is 6.42 Å². The van der Waals surface area contributed by atoms with Gasteiger partial charge in [-0.25, -0.2) is 0 Å². The average Bonchev–Trinajstić information content (AvgIpc) is 2.71. The third-order valence-corrected chi connectivity index (χ3v) is 4.87. The first-order valence-electron chi connectivity index (χ1n) is 9.63. The van der Waals surface area contributed by atoms with Gasteiger partial charge in [0.15, 0.2) is 5.78 Å². The maximum absolute atomic E-state index is 12.2. The largest absolute Gasteiger partial charge is 0.508 e. The number of Topliss-reactive ketones (excluding diaryl/α,β-unsaturated/α-hetero) is 1. The van der Waals surface area contributed by atoms with Crippen molar-refractivity contribution in [1.29, 1.82) is 0 Å². The summed E-state index contributed by atoms with van der Waals surface area (Å²) in [7, 11) is 4.01. The molecule has 0 aliphatic heterocycles. The van der Waals surface area contributed by atoms with Crippen LogP contribution in [-0.4, -0.2) is 30.8 Å². The lowest BCUT2D eigenvalue weighted by molar-refractivity contribution is -0.124. The molecule has 0 unspecified atom stereocenters. The fraction of sp³-hybridized carbons (Fsp3) is 0.200. The summed E-state index contributed by atoms with van der Waals surface area (Å²) in [4.78, 5) is 26.4. The van der Waals surface area contributed by atoms with Gasteiger partial charge in [-0.1, -0.05) is 48.5 Å². The number of ketones is 2. The number of hydrogen-bond donors (Lipinski definition) is 1. The smallest absolute Gasteiger partial charge is 0.163 e. The van der Waals surface area contributed by atoms with Crippen LogP contribution < -0.4 is 4.90 Å². The van der Waals surface area contributed by atoms with E-state index in [2.05, 4.69) is 11.0 Å². The standard InChI is InChI=1S/C25H25NO3/c1-26(2)25-16-11-19(23-5-3-4-6-24(23)25)10-15-22(29)17-21(28)14-9-18-7-12-20(27)13-8-18/h3-8,10-13,15-16,27H,9,14,17H2,1-2H3/b15-10+. The van der Waals surface area contributed by atoms with Crippen LogP contribution in [-0.2, 0) is 16.0 Å². The van der Waals surface area contributed by atoms with Gasteiger partial charge in [0.25, 0.3) is 0 Å². The Hall–Kier alpha value is -3.40. The van der Waals surface area contributed by atoms with Crippen molar-refractivity contribution < 1.29 is 14.7 Å². The molecular formula is C25H25NO3. The second-order valence-electron chi connectivity index (χ2n) is 7.30. The summed E-state index contributed by atoms with van der Waals surface area (Å²) in [5.41, 5.74) is 3.04. The van der Waals surface area contributed by atoms with E-state index >= 15 is 0 Å². The van der Waals surface area contributed by atoms with Crippen LogP contribution in [0.25, 0.3) is 16.8 Å². The molecule has 0 atom stereocenters. The fourth-order valence-corrected chi connectivity index (χ4v) is 3.31. The molecule has 0 heterocycles. The maximum Gasteiger partial charge on any atom is 0.163 e. The number of aryl methyl sites for hydroxylation is 1. The molecule has 0 spiro atoms. The van der Waals surface area contributed by atoms with Gasteiger partial charge in [0.2, 0.25) is 0 Å². The van der Waals surface area contributed by atoms with Gasteiger partial charge in [-0.15, -0.1) is 0 Å². The quantitative estimate of drug-likeness (QED) is 0.446. The van der Waals surface area contributed by atoms with Crippen molar-refractivity contribution in [2.75, 3.05) is 19.0 Å². The van der Waals surface area contributed by atoms with Crippen LogP contribution in [0.2, 0.25) is 0 Å². The van der Waals surface area contributed by atoms with Crippen LogP contribution in [0.15, 0.2) is 66.7 Å². The molecule has 0 aliphatic carbocycles. The number of carbonyl (C=O) groups is 2. The number of aromatic hydroxyl groups is 1. The number of phenolic OH excluding ortho intramolecular Hbond substituents is 1. The Labute approximate surface area is 171 Å². The lowest BCUT2D eigenvalue weighted by Gasteiger charge is -2.16. The highest BCUT2D eigenvalue weighted by Gasteiger charge is 2.09. The van der Waals surface area contributed by atoms with Gasteiger partial charge < -0.3 is 10.0 Å². The van der Waals surface area contributed by atoms with E-state index in [0.29, 0.717) is 12.8 Å². The zero-order chi connectivity index (χ0) is 20.8. The minimum absolute atomic E-state index is 0.0828. The number of benzene rings is 3. The Kier molecular flexibility index (Phi) is 6.45. The molecule has 0 amide bonds. The molecule has 0 bridgehead atoms. The Morgan fingerprint density at radius 2 is 1.62 bits per heavy atom. The Morgan fingerprint density at radius 3 is 2.31 bits per heavy atom. The Bertz CT molecular complexity index is 1050. The third kappa shape index (κ3) is 5.32. The summed E-state index contributed by atoms with van der Waals surface area (Å²) in [6.45, 7) is 0. The molecule has 0 aliphatic rings. The summed E-state index contributed by atoms with van der Waals surface area (Å²) in [6, 6.07) is 18.9. The van der Waals surface area contributed by atoms with E-state index in [0.717, 1.165) is 27.6 Å². The first-order chi connectivity index (χ1) is 13.9. The lowest BCUT2D eigenvalue weighted by atomic mass is 10.0. The molecule has 0 aromatic heterocycles. The molecule has 3 aromatic rings. The molecular weight excluding hydrogens is 362 g/mol. The van der Waals surface area contributed by atoms with Crippen LogP contribution in [0, 0.1) is 0 Å². The molecule has 0 saturated heterocycles. The van der Waals surface area contributed by atoms with E-state index in [1.54, 1.807) is 30.3 Å². The first-order valence-corrected chi connectivity index (χ1v) is 9.63. The Morgan fingerprint density at radius 1 is 0.931 bits per heavy atom. The van der Waals surface area contributed by atoms with Gasteiger partial charge in [0, 0.05) is 31.6 Å². The van der Waals surface area contributed by atoms with Crippen LogP contribution in [0.3, 0.4) is 0 Å². The van der Waals surface area contributed by atoms with Crippen molar-refractivity contribution in [1.82, 2.24) is 0 Å². The van der Waals surface area contributed by atoms with Crippen molar-refractivity contribution in [2.45, 2.75) is 19.3 Å². The molecule has 148 valence electrons. The zero-order valence-electron chi connectivity index (χ0n) is 16.8. The molecule has 0 radical (unpaired) electrons. The highest BCUT2D eigenvalue weighted by molar-refractivity contribution is 6.07. The van der Waals surface area contributed by atoms with E-state index in [-0.39, 0.29) is 23.7 Å². The predicted octanol–water partition coefficient (Wildman–Crippen LogP) is 4.79. The molecule has 4 heteroatoms. The maximum atomic E-state index is 12.2. The molecule has 3 rings (SSSR count). The molecule has 4 nitrogen and oxygen atoms in total. The lowest BCUT2D eigenvalue weighted by Crippen LogP contribution is -2.09. The second-order valence-corrected chi connectivity index (χ2v) is 7.30. The zero-order valence-corrected chi connectivity index (χ0v) is 16.8. The number of rotatable bonds is 8. The molecule has 3 aromatic carbocycles. The van der Waals surface area contributed by atoms with Crippen molar-refractivity contribution in [3.8, 4) is 5.75 Å².